The van der Waals surface area contributed by atoms with Crippen molar-refractivity contribution in [3.63, 3.8) is 0 Å². The molecule has 18 heavy (non-hydrogen) atoms. The number of hydrogen-bond acceptors (Lipinski definition) is 6. The van der Waals surface area contributed by atoms with Gasteiger partial charge >= 0.3 is 0 Å². The van der Waals surface area contributed by atoms with E-state index in [0.29, 0.717) is 32.0 Å². The van der Waals surface area contributed by atoms with E-state index in [2.05, 4.69) is 9.97 Å². The summed E-state index contributed by atoms with van der Waals surface area (Å²) < 4.78 is 24.2. The first-order valence-corrected chi connectivity index (χ1v) is 7.28. The third kappa shape index (κ3) is 2.75. The van der Waals surface area contributed by atoms with E-state index in [1.807, 2.05) is 11.0 Å². The fraction of sp³-hybridized carbons (Fsp3) is 0.500. The van der Waals surface area contributed by atoms with E-state index in [9.17, 15) is 8.42 Å². The van der Waals surface area contributed by atoms with Crippen LogP contribution in [-0.2, 0) is 10.0 Å². The average Bonchev–Trinajstić information content (AvgIpc) is 2.38. The molecule has 8 heteroatoms. The normalized spacial score (nSPS) is 17.4. The Hall–Kier alpha value is -1.72. The van der Waals surface area contributed by atoms with Crippen molar-refractivity contribution < 1.29 is 8.42 Å². The lowest BCUT2D eigenvalue weighted by molar-refractivity contribution is 0.387. The Morgan fingerprint density at radius 3 is 2.33 bits per heavy atom. The van der Waals surface area contributed by atoms with Crippen LogP contribution in [0.15, 0.2) is 12.4 Å². The van der Waals surface area contributed by atoms with Gasteiger partial charge in [-0.05, 0) is 0 Å². The van der Waals surface area contributed by atoms with E-state index in [-0.39, 0.29) is 5.69 Å². The summed E-state index contributed by atoms with van der Waals surface area (Å²) in [6.45, 7) is 2.04. The molecular formula is C10H13N5O2S. The number of nitriles is 1. The van der Waals surface area contributed by atoms with Crippen LogP contribution in [-0.4, -0.2) is 55.1 Å². The predicted molar refractivity (Wildman–Crippen MR) is 65.4 cm³/mol. The van der Waals surface area contributed by atoms with Crippen molar-refractivity contribution in [2.75, 3.05) is 37.3 Å². The first-order chi connectivity index (χ1) is 8.50. The summed E-state index contributed by atoms with van der Waals surface area (Å²) in [5.41, 5.74) is 0.272. The molecular weight excluding hydrogens is 254 g/mol. The van der Waals surface area contributed by atoms with Gasteiger partial charge in [0, 0.05) is 26.2 Å². The Bertz CT molecular complexity index is 555. The van der Waals surface area contributed by atoms with Crippen LogP contribution in [0.5, 0.6) is 0 Å². The molecule has 0 spiro atoms. The van der Waals surface area contributed by atoms with Gasteiger partial charge in [-0.3, -0.25) is 0 Å². The van der Waals surface area contributed by atoms with Gasteiger partial charge in [-0.25, -0.2) is 18.4 Å². The molecule has 0 aliphatic carbocycles. The van der Waals surface area contributed by atoms with Crippen LogP contribution in [0.25, 0.3) is 0 Å². The number of hydrogen-bond donors (Lipinski definition) is 0. The lowest BCUT2D eigenvalue weighted by Gasteiger charge is -2.33. The van der Waals surface area contributed by atoms with Crippen LogP contribution >= 0.6 is 0 Å². The predicted octanol–water partition coefficient (Wildman–Crippen LogP) is -0.570. The highest BCUT2D eigenvalue weighted by Gasteiger charge is 2.23. The standard InChI is InChI=1S/C10H13N5O2S/c1-18(16,17)15-4-2-14(3-5-15)10-8-12-9(6-11)7-13-10/h7-8H,2-5H2,1H3. The first kappa shape index (κ1) is 12.7. The molecule has 1 aromatic rings. The first-order valence-electron chi connectivity index (χ1n) is 5.43. The molecule has 1 aliphatic heterocycles. The Morgan fingerprint density at radius 1 is 1.22 bits per heavy atom. The van der Waals surface area contributed by atoms with Crippen LogP contribution in [0.3, 0.4) is 0 Å². The summed E-state index contributed by atoms with van der Waals surface area (Å²) in [4.78, 5) is 10.0. The second-order valence-corrected chi connectivity index (χ2v) is 6.00. The Labute approximate surface area is 106 Å². The monoisotopic (exact) mass is 267 g/mol. The molecule has 0 N–H and O–H groups in total. The van der Waals surface area contributed by atoms with Crippen LogP contribution in [0.2, 0.25) is 0 Å². The molecule has 96 valence electrons. The van der Waals surface area contributed by atoms with Gasteiger partial charge in [0.1, 0.15) is 11.9 Å². The Morgan fingerprint density at radius 2 is 1.89 bits per heavy atom. The van der Waals surface area contributed by atoms with Gasteiger partial charge in [-0.1, -0.05) is 0 Å². The summed E-state index contributed by atoms with van der Waals surface area (Å²) in [6.07, 6.45) is 4.16. The van der Waals surface area contributed by atoms with Gasteiger partial charge < -0.3 is 4.90 Å². The largest absolute Gasteiger partial charge is 0.353 e. The van der Waals surface area contributed by atoms with Crippen molar-refractivity contribution in [1.82, 2.24) is 14.3 Å². The minimum atomic E-state index is -3.11. The number of nitrogens with zero attached hydrogens (tertiary/aromatic N) is 5. The van der Waals surface area contributed by atoms with E-state index in [4.69, 9.17) is 5.26 Å². The molecule has 2 heterocycles. The third-order valence-electron chi connectivity index (χ3n) is 2.78. The van der Waals surface area contributed by atoms with Crippen LogP contribution < -0.4 is 4.90 Å². The number of rotatable bonds is 2. The van der Waals surface area contributed by atoms with Crippen molar-refractivity contribution in [2.45, 2.75) is 0 Å². The second kappa shape index (κ2) is 4.88. The minimum absolute atomic E-state index is 0.272. The topological polar surface area (TPSA) is 90.2 Å². The van der Waals surface area contributed by atoms with E-state index >= 15 is 0 Å². The van der Waals surface area contributed by atoms with Crippen molar-refractivity contribution >= 4 is 15.8 Å². The van der Waals surface area contributed by atoms with E-state index in [0.717, 1.165) is 0 Å². The van der Waals surface area contributed by atoms with Gasteiger partial charge in [-0.2, -0.15) is 9.57 Å². The average molecular weight is 267 g/mol. The molecule has 2 rings (SSSR count). The molecule has 1 fully saturated rings. The molecule has 0 atom stereocenters. The molecule has 0 radical (unpaired) electrons. The maximum Gasteiger partial charge on any atom is 0.211 e. The number of sulfonamides is 1. The number of aromatic nitrogens is 2. The van der Waals surface area contributed by atoms with Crippen molar-refractivity contribution in [3.8, 4) is 6.07 Å². The summed E-state index contributed by atoms with van der Waals surface area (Å²) in [7, 11) is -3.11. The van der Waals surface area contributed by atoms with Crippen molar-refractivity contribution in [1.29, 1.82) is 5.26 Å². The molecule has 0 aromatic carbocycles. The zero-order chi connectivity index (χ0) is 13.2. The quantitative estimate of drug-likeness (QED) is 0.712. The maximum absolute atomic E-state index is 11.4. The van der Waals surface area contributed by atoms with Gasteiger partial charge in [0.2, 0.25) is 10.0 Å². The summed E-state index contributed by atoms with van der Waals surface area (Å²) in [5.74, 6) is 0.669. The van der Waals surface area contributed by atoms with E-state index < -0.39 is 10.0 Å². The molecule has 0 amide bonds. The third-order valence-corrected chi connectivity index (χ3v) is 4.09. The molecule has 7 nitrogen and oxygen atoms in total. The fourth-order valence-electron chi connectivity index (χ4n) is 1.79. The lowest BCUT2D eigenvalue weighted by atomic mass is 10.3. The summed E-state index contributed by atoms with van der Waals surface area (Å²) in [6, 6.07) is 1.90. The Balaban J connectivity index is 2.03. The van der Waals surface area contributed by atoms with Gasteiger partial charge in [0.05, 0.1) is 18.6 Å². The van der Waals surface area contributed by atoms with Gasteiger partial charge in [-0.15, -0.1) is 0 Å². The van der Waals surface area contributed by atoms with E-state index in [1.54, 1.807) is 0 Å². The van der Waals surface area contributed by atoms with Crippen LogP contribution in [0.4, 0.5) is 5.82 Å². The number of piperazine rings is 1. The van der Waals surface area contributed by atoms with Crippen LogP contribution in [0, 0.1) is 11.3 Å². The van der Waals surface area contributed by atoms with Crippen molar-refractivity contribution in [2.24, 2.45) is 0 Å². The highest BCUT2D eigenvalue weighted by atomic mass is 32.2. The summed E-state index contributed by atoms with van der Waals surface area (Å²) >= 11 is 0. The zero-order valence-corrected chi connectivity index (χ0v) is 10.8. The lowest BCUT2D eigenvalue weighted by Crippen LogP contribution is -2.48. The fourth-order valence-corrected chi connectivity index (χ4v) is 2.62. The van der Waals surface area contributed by atoms with E-state index in [1.165, 1.54) is 23.0 Å². The molecule has 1 aromatic heterocycles. The van der Waals surface area contributed by atoms with Gasteiger partial charge in [0.25, 0.3) is 0 Å². The highest BCUT2D eigenvalue weighted by Crippen LogP contribution is 2.13. The highest BCUT2D eigenvalue weighted by molar-refractivity contribution is 7.88. The van der Waals surface area contributed by atoms with Crippen molar-refractivity contribution in [3.05, 3.63) is 18.1 Å². The molecule has 1 saturated heterocycles. The second-order valence-electron chi connectivity index (χ2n) is 4.02. The van der Waals surface area contributed by atoms with Gasteiger partial charge in [0.15, 0.2) is 5.69 Å². The maximum atomic E-state index is 11.4. The smallest absolute Gasteiger partial charge is 0.211 e. The summed E-state index contributed by atoms with van der Waals surface area (Å²) in [5, 5.41) is 8.62. The number of anilines is 1. The van der Waals surface area contributed by atoms with Crippen LogP contribution in [0.1, 0.15) is 5.69 Å². The zero-order valence-electron chi connectivity index (χ0n) is 9.94. The molecule has 0 bridgehead atoms. The SMILES string of the molecule is CS(=O)(=O)N1CCN(c2cnc(C#N)cn2)CC1. The Kier molecular flexibility index (Phi) is 3.45. The minimum Gasteiger partial charge on any atom is -0.353 e. The molecule has 0 unspecified atom stereocenters. The molecule has 1 aliphatic rings. The molecule has 0 saturated carbocycles.